The van der Waals surface area contributed by atoms with Crippen molar-refractivity contribution in [1.82, 2.24) is 4.90 Å². The molecule has 6 heteroatoms. The Hall–Kier alpha value is -3.12. The zero-order valence-electron chi connectivity index (χ0n) is 19.0. The molecule has 3 aromatic carbocycles. The molecule has 33 heavy (non-hydrogen) atoms. The summed E-state index contributed by atoms with van der Waals surface area (Å²) in [5.41, 5.74) is 1.64. The van der Waals surface area contributed by atoms with Crippen molar-refractivity contribution in [2.75, 3.05) is 0 Å². The molecule has 3 rings (SSSR count). The average molecular weight is 510 g/mol. The number of nitrogens with zero attached hydrogens (tertiary/aromatic N) is 1. The second-order valence-corrected chi connectivity index (χ2v) is 9.46. The van der Waals surface area contributed by atoms with E-state index in [0.717, 1.165) is 15.6 Å². The predicted octanol–water partition coefficient (Wildman–Crippen LogP) is 6.67. The number of halogens is 1. The summed E-state index contributed by atoms with van der Waals surface area (Å²) in [7, 11) is 0. The highest BCUT2D eigenvalue weighted by Gasteiger charge is 2.36. The van der Waals surface area contributed by atoms with Crippen LogP contribution in [0.2, 0.25) is 0 Å². The minimum absolute atomic E-state index is 0.0992. The van der Waals surface area contributed by atoms with Gasteiger partial charge in [0, 0.05) is 4.47 Å². The van der Waals surface area contributed by atoms with Crippen LogP contribution in [0.5, 0.6) is 0 Å². The van der Waals surface area contributed by atoms with Crippen LogP contribution >= 0.6 is 15.9 Å². The number of amides is 1. The van der Waals surface area contributed by atoms with Crippen molar-refractivity contribution in [1.29, 1.82) is 0 Å². The lowest BCUT2D eigenvalue weighted by Crippen LogP contribution is -2.41. The maximum Gasteiger partial charge on any atom is 0.411 e. The Morgan fingerprint density at radius 1 is 0.879 bits per heavy atom. The van der Waals surface area contributed by atoms with Gasteiger partial charge in [-0.15, -0.1) is 0 Å². The molecule has 0 spiro atoms. The van der Waals surface area contributed by atoms with Crippen LogP contribution in [0.4, 0.5) is 4.79 Å². The van der Waals surface area contributed by atoms with Gasteiger partial charge in [-0.25, -0.2) is 9.59 Å². The van der Waals surface area contributed by atoms with Crippen molar-refractivity contribution >= 4 is 28.0 Å². The molecule has 0 aliphatic carbocycles. The molecule has 0 saturated carbocycles. The summed E-state index contributed by atoms with van der Waals surface area (Å²) in [6.45, 7) is 5.67. The zero-order chi connectivity index (χ0) is 23.8. The molecule has 0 aliphatic rings. The van der Waals surface area contributed by atoms with Gasteiger partial charge in [0.15, 0.2) is 6.04 Å². The third-order valence-corrected chi connectivity index (χ3v) is 5.57. The molecule has 5 nitrogen and oxygen atoms in total. The van der Waals surface area contributed by atoms with E-state index in [2.05, 4.69) is 15.9 Å². The summed E-state index contributed by atoms with van der Waals surface area (Å²) in [6, 6.07) is 25.2. The predicted molar refractivity (Wildman–Crippen MR) is 131 cm³/mol. The molecule has 0 saturated heterocycles. The minimum Gasteiger partial charge on any atom is -0.458 e. The fourth-order valence-corrected chi connectivity index (χ4v) is 3.72. The highest BCUT2D eigenvalue weighted by Crippen LogP contribution is 2.29. The molecule has 1 unspecified atom stereocenters. The van der Waals surface area contributed by atoms with Crippen molar-refractivity contribution in [2.24, 2.45) is 0 Å². The van der Waals surface area contributed by atoms with E-state index in [1.165, 1.54) is 4.90 Å². The van der Waals surface area contributed by atoms with Crippen molar-refractivity contribution in [3.05, 3.63) is 106 Å². The summed E-state index contributed by atoms with van der Waals surface area (Å²) in [6.07, 6.45) is -0.602. The van der Waals surface area contributed by atoms with Gasteiger partial charge in [-0.1, -0.05) is 94.8 Å². The molecular formula is C27H28BrNO4. The minimum atomic E-state index is -0.971. The number of hydrogen-bond donors (Lipinski definition) is 0. The monoisotopic (exact) mass is 509 g/mol. The van der Waals surface area contributed by atoms with Crippen molar-refractivity contribution in [2.45, 2.75) is 45.6 Å². The normalized spacial score (nSPS) is 12.0. The van der Waals surface area contributed by atoms with Crippen molar-refractivity contribution in [3.63, 3.8) is 0 Å². The molecule has 1 amide bonds. The molecule has 0 bridgehead atoms. The molecule has 0 heterocycles. The first-order valence-corrected chi connectivity index (χ1v) is 11.5. The lowest BCUT2D eigenvalue weighted by Gasteiger charge is -2.32. The lowest BCUT2D eigenvalue weighted by atomic mass is 10.0. The van der Waals surface area contributed by atoms with Gasteiger partial charge in [-0.05, 0) is 43.5 Å². The van der Waals surface area contributed by atoms with Crippen LogP contribution in [0.3, 0.4) is 0 Å². The fraction of sp³-hybridized carbons (Fsp3) is 0.259. The molecule has 0 radical (unpaired) electrons. The van der Waals surface area contributed by atoms with Crippen molar-refractivity contribution in [3.8, 4) is 0 Å². The standard InChI is InChI=1S/C27H28BrNO4/c1-27(2,3)33-25(30)24(21-14-8-5-9-15-21)29(18-22-16-10-11-17-23(22)28)26(31)32-19-20-12-6-4-7-13-20/h4-17,24H,18-19H2,1-3H3. The van der Waals surface area contributed by atoms with Crippen LogP contribution in [0.1, 0.15) is 43.5 Å². The second-order valence-electron chi connectivity index (χ2n) is 8.61. The molecule has 0 fully saturated rings. The van der Waals surface area contributed by atoms with Crippen LogP contribution in [0.15, 0.2) is 89.4 Å². The third kappa shape index (κ3) is 7.19. The number of benzene rings is 3. The quantitative estimate of drug-likeness (QED) is 0.333. The SMILES string of the molecule is CC(C)(C)OC(=O)C(c1ccccc1)N(Cc1ccccc1Br)C(=O)OCc1ccccc1. The van der Waals surface area contributed by atoms with Gasteiger partial charge >= 0.3 is 12.1 Å². The summed E-state index contributed by atoms with van der Waals surface area (Å²) < 4.78 is 12.2. The van der Waals surface area contributed by atoms with Gasteiger partial charge in [0.1, 0.15) is 12.2 Å². The molecule has 172 valence electrons. The summed E-state index contributed by atoms with van der Waals surface area (Å²) in [5, 5.41) is 0. The van der Waals surface area contributed by atoms with Crippen LogP contribution < -0.4 is 0 Å². The second kappa shape index (κ2) is 11.1. The Kier molecular flexibility index (Phi) is 8.28. The Morgan fingerprint density at radius 3 is 2.06 bits per heavy atom. The topological polar surface area (TPSA) is 55.8 Å². The Balaban J connectivity index is 1.98. The van der Waals surface area contributed by atoms with E-state index < -0.39 is 23.7 Å². The summed E-state index contributed by atoms with van der Waals surface area (Å²) in [4.78, 5) is 28.2. The summed E-state index contributed by atoms with van der Waals surface area (Å²) in [5.74, 6) is -0.516. The maximum atomic E-state index is 13.4. The number of esters is 1. The van der Waals surface area contributed by atoms with Gasteiger partial charge in [0.25, 0.3) is 0 Å². The van der Waals surface area contributed by atoms with E-state index in [1.54, 1.807) is 20.8 Å². The number of rotatable bonds is 7. The van der Waals surface area contributed by atoms with E-state index in [9.17, 15) is 9.59 Å². The molecular weight excluding hydrogens is 482 g/mol. The van der Waals surface area contributed by atoms with Gasteiger partial charge in [0.05, 0.1) is 6.54 Å². The van der Waals surface area contributed by atoms with Gasteiger partial charge in [-0.3, -0.25) is 4.90 Å². The zero-order valence-corrected chi connectivity index (χ0v) is 20.6. The van der Waals surface area contributed by atoms with E-state index in [0.29, 0.717) is 5.56 Å². The van der Waals surface area contributed by atoms with Gasteiger partial charge < -0.3 is 9.47 Å². The number of carbonyl (C=O) groups is 2. The first-order valence-electron chi connectivity index (χ1n) is 10.7. The Bertz CT molecular complexity index is 1060. The fourth-order valence-electron chi connectivity index (χ4n) is 3.31. The molecule has 3 aromatic rings. The van der Waals surface area contributed by atoms with Crippen LogP contribution in [-0.4, -0.2) is 22.6 Å². The van der Waals surface area contributed by atoms with Crippen LogP contribution in [0.25, 0.3) is 0 Å². The highest BCUT2D eigenvalue weighted by atomic mass is 79.9. The Labute approximate surface area is 203 Å². The van der Waals surface area contributed by atoms with Gasteiger partial charge in [0.2, 0.25) is 0 Å². The molecule has 0 N–H and O–H groups in total. The maximum absolute atomic E-state index is 13.4. The average Bonchev–Trinajstić information content (AvgIpc) is 2.78. The Morgan fingerprint density at radius 2 is 1.45 bits per heavy atom. The molecule has 1 atom stereocenters. The molecule has 0 aliphatic heterocycles. The van der Waals surface area contributed by atoms with E-state index >= 15 is 0 Å². The third-order valence-electron chi connectivity index (χ3n) is 4.80. The smallest absolute Gasteiger partial charge is 0.411 e. The number of carbonyl (C=O) groups excluding carboxylic acids is 2. The lowest BCUT2D eigenvalue weighted by molar-refractivity contribution is -0.161. The first kappa shape index (κ1) is 24.5. The van der Waals surface area contributed by atoms with E-state index in [1.807, 2.05) is 84.9 Å². The molecule has 0 aromatic heterocycles. The summed E-state index contributed by atoms with van der Waals surface area (Å²) >= 11 is 3.55. The highest BCUT2D eigenvalue weighted by molar-refractivity contribution is 9.10. The largest absolute Gasteiger partial charge is 0.458 e. The van der Waals surface area contributed by atoms with Crippen LogP contribution in [0, 0.1) is 0 Å². The number of ether oxygens (including phenoxy) is 2. The number of hydrogen-bond acceptors (Lipinski definition) is 4. The van der Waals surface area contributed by atoms with Crippen LogP contribution in [-0.2, 0) is 27.4 Å². The van der Waals surface area contributed by atoms with Gasteiger partial charge in [-0.2, -0.15) is 0 Å². The first-order chi connectivity index (χ1) is 15.7. The van der Waals surface area contributed by atoms with E-state index in [4.69, 9.17) is 9.47 Å². The van der Waals surface area contributed by atoms with E-state index in [-0.39, 0.29) is 13.2 Å². The van der Waals surface area contributed by atoms with Crippen molar-refractivity contribution < 1.29 is 19.1 Å².